The van der Waals surface area contributed by atoms with Crippen LogP contribution < -0.4 is 19.8 Å². The maximum atomic E-state index is 13.2. The van der Waals surface area contributed by atoms with Crippen LogP contribution >= 0.6 is 0 Å². The van der Waals surface area contributed by atoms with Crippen LogP contribution in [0.5, 0.6) is 17.2 Å². The minimum Gasteiger partial charge on any atom is -0.497 e. The van der Waals surface area contributed by atoms with Gasteiger partial charge in [0, 0.05) is 23.5 Å². The number of para-hydroxylation sites is 2. The van der Waals surface area contributed by atoms with Gasteiger partial charge in [0.2, 0.25) is 0 Å². The van der Waals surface area contributed by atoms with Gasteiger partial charge < -0.3 is 23.9 Å². The number of aromatic nitrogens is 3. The first kappa shape index (κ1) is 19.2. The largest absolute Gasteiger partial charge is 0.497 e. The lowest BCUT2D eigenvalue weighted by molar-refractivity contribution is 0.0778. The van der Waals surface area contributed by atoms with E-state index in [0.29, 0.717) is 41.4 Å². The molecular weight excluding hydrogens is 398 g/mol. The molecule has 0 saturated heterocycles. The molecule has 8 heteroatoms. The van der Waals surface area contributed by atoms with Crippen molar-refractivity contribution in [1.82, 2.24) is 14.2 Å². The van der Waals surface area contributed by atoms with Gasteiger partial charge >= 0.3 is 0 Å². The Morgan fingerprint density at radius 3 is 2.65 bits per heavy atom. The van der Waals surface area contributed by atoms with Crippen LogP contribution in [0.15, 0.2) is 65.7 Å². The normalized spacial score (nSPS) is 15.2. The van der Waals surface area contributed by atoms with Gasteiger partial charge in [0.05, 0.1) is 26.0 Å². The molecule has 1 N–H and O–H groups in total. The van der Waals surface area contributed by atoms with E-state index in [1.54, 1.807) is 24.1 Å². The summed E-state index contributed by atoms with van der Waals surface area (Å²) in [6.07, 6.45) is 3.07. The Bertz CT molecular complexity index is 1290. The fraction of sp³-hybridized carbons (Fsp3) is 0.217. The molecule has 3 heterocycles. The maximum absolute atomic E-state index is 13.2. The summed E-state index contributed by atoms with van der Waals surface area (Å²) in [6, 6.07) is 14.8. The summed E-state index contributed by atoms with van der Waals surface area (Å²) in [7, 11) is 1.60. The highest BCUT2D eigenvalue weighted by molar-refractivity contribution is 5.72. The number of hydrogen-bond acceptors (Lipinski definition) is 6. The molecule has 5 rings (SSSR count). The van der Waals surface area contributed by atoms with Gasteiger partial charge in [0.25, 0.3) is 5.56 Å². The Kier molecular flexibility index (Phi) is 4.83. The van der Waals surface area contributed by atoms with Crippen LogP contribution in [0.2, 0.25) is 0 Å². The number of rotatable bonds is 5. The molecule has 0 amide bonds. The van der Waals surface area contributed by atoms with Crippen LogP contribution in [0.25, 0.3) is 16.8 Å². The fourth-order valence-corrected chi connectivity index (χ4v) is 3.80. The SMILES string of the molecule is COc1ccc(-c2nn3ccn(C[C@@H]4COc5ccccc5O4)c(=O)c3c2CO)cc1. The molecule has 1 atom stereocenters. The molecule has 0 unspecified atom stereocenters. The highest BCUT2D eigenvalue weighted by Crippen LogP contribution is 2.31. The third-order valence-electron chi connectivity index (χ3n) is 5.35. The number of aliphatic hydroxyl groups is 1. The average molecular weight is 419 g/mol. The lowest BCUT2D eigenvalue weighted by Gasteiger charge is -2.26. The molecule has 2 aromatic carbocycles. The third kappa shape index (κ3) is 3.40. The Morgan fingerprint density at radius 1 is 1.13 bits per heavy atom. The summed E-state index contributed by atoms with van der Waals surface area (Å²) in [6.45, 7) is 0.357. The van der Waals surface area contributed by atoms with Crippen LogP contribution in [0.1, 0.15) is 5.56 Å². The second-order valence-electron chi connectivity index (χ2n) is 7.26. The van der Waals surface area contributed by atoms with Gasteiger partial charge in [-0.25, -0.2) is 4.52 Å². The monoisotopic (exact) mass is 419 g/mol. The zero-order valence-corrected chi connectivity index (χ0v) is 16.9. The Balaban J connectivity index is 1.50. The number of aliphatic hydroxyl groups excluding tert-OH is 1. The van der Waals surface area contributed by atoms with E-state index in [9.17, 15) is 9.90 Å². The summed E-state index contributed by atoms with van der Waals surface area (Å²) in [5.41, 5.74) is 1.93. The highest BCUT2D eigenvalue weighted by Gasteiger charge is 2.23. The van der Waals surface area contributed by atoms with Crippen LogP contribution in [0.4, 0.5) is 0 Å². The van der Waals surface area contributed by atoms with Crippen LogP contribution in [-0.2, 0) is 13.2 Å². The summed E-state index contributed by atoms with van der Waals surface area (Å²) < 4.78 is 20.0. The van der Waals surface area contributed by atoms with Crippen LogP contribution in [-0.4, -0.2) is 39.1 Å². The molecule has 0 radical (unpaired) electrons. The highest BCUT2D eigenvalue weighted by atomic mass is 16.6. The first-order chi connectivity index (χ1) is 15.2. The van der Waals surface area contributed by atoms with Crippen molar-refractivity contribution in [1.29, 1.82) is 0 Å². The van der Waals surface area contributed by atoms with Gasteiger partial charge in [0.1, 0.15) is 17.9 Å². The Morgan fingerprint density at radius 2 is 1.90 bits per heavy atom. The van der Waals surface area contributed by atoms with Gasteiger partial charge in [-0.3, -0.25) is 4.79 Å². The molecule has 0 saturated carbocycles. The van der Waals surface area contributed by atoms with E-state index in [4.69, 9.17) is 14.2 Å². The predicted molar refractivity (Wildman–Crippen MR) is 114 cm³/mol. The summed E-state index contributed by atoms with van der Waals surface area (Å²) in [4.78, 5) is 13.2. The Labute approximate surface area is 177 Å². The molecule has 158 valence electrons. The second kappa shape index (κ2) is 7.81. The number of methoxy groups -OCH3 is 1. The smallest absolute Gasteiger partial charge is 0.277 e. The molecule has 1 aliphatic heterocycles. The van der Waals surface area contributed by atoms with Gasteiger partial charge in [0.15, 0.2) is 17.6 Å². The topological polar surface area (TPSA) is 87.2 Å². The third-order valence-corrected chi connectivity index (χ3v) is 5.35. The van der Waals surface area contributed by atoms with E-state index in [1.807, 2.05) is 48.5 Å². The first-order valence-corrected chi connectivity index (χ1v) is 9.92. The number of hydrogen-bond donors (Lipinski definition) is 1. The van der Waals surface area contributed by atoms with Crippen LogP contribution in [0, 0.1) is 0 Å². The average Bonchev–Trinajstić information content (AvgIpc) is 3.20. The first-order valence-electron chi connectivity index (χ1n) is 9.92. The van der Waals surface area contributed by atoms with Crippen molar-refractivity contribution in [2.75, 3.05) is 13.7 Å². The fourth-order valence-electron chi connectivity index (χ4n) is 3.80. The van der Waals surface area contributed by atoms with Crippen molar-refractivity contribution in [2.45, 2.75) is 19.3 Å². The quantitative estimate of drug-likeness (QED) is 0.535. The summed E-state index contributed by atoms with van der Waals surface area (Å²) >= 11 is 0. The molecule has 8 nitrogen and oxygen atoms in total. The second-order valence-corrected chi connectivity index (χ2v) is 7.26. The molecule has 4 aromatic rings. The number of fused-ring (bicyclic) bond motifs is 2. The lowest BCUT2D eigenvalue weighted by atomic mass is 10.1. The molecule has 1 aliphatic rings. The van der Waals surface area contributed by atoms with Crippen molar-refractivity contribution in [3.8, 4) is 28.5 Å². The lowest BCUT2D eigenvalue weighted by Crippen LogP contribution is -2.36. The van der Waals surface area contributed by atoms with E-state index in [1.165, 1.54) is 4.52 Å². The number of benzene rings is 2. The van der Waals surface area contributed by atoms with Gasteiger partial charge in [-0.15, -0.1) is 0 Å². The number of nitrogens with zero attached hydrogens (tertiary/aromatic N) is 3. The minimum atomic E-state index is -0.309. The Hall–Kier alpha value is -3.78. The molecule has 31 heavy (non-hydrogen) atoms. The molecule has 0 aliphatic carbocycles. The van der Waals surface area contributed by atoms with Crippen molar-refractivity contribution < 1.29 is 19.3 Å². The predicted octanol–water partition coefficient (Wildman–Crippen LogP) is 2.50. The van der Waals surface area contributed by atoms with E-state index in [2.05, 4.69) is 5.10 Å². The van der Waals surface area contributed by atoms with E-state index in [0.717, 1.165) is 11.3 Å². The van der Waals surface area contributed by atoms with Gasteiger partial charge in [-0.2, -0.15) is 5.10 Å². The van der Waals surface area contributed by atoms with E-state index in [-0.39, 0.29) is 18.3 Å². The summed E-state index contributed by atoms with van der Waals surface area (Å²) in [5.74, 6) is 2.08. The van der Waals surface area contributed by atoms with Gasteiger partial charge in [-0.05, 0) is 36.4 Å². The standard InChI is InChI=1S/C23H21N3O5/c1-29-16-8-6-15(7-9-16)21-18(13-27)22-23(28)25(10-11-26(22)24-21)12-17-14-30-19-4-2-3-5-20(19)31-17/h2-11,17,27H,12-14H2,1H3/t17-/m1/s1. The molecular formula is C23H21N3O5. The van der Waals surface area contributed by atoms with Crippen molar-refractivity contribution in [3.05, 3.63) is 76.8 Å². The maximum Gasteiger partial charge on any atom is 0.277 e. The van der Waals surface area contributed by atoms with Gasteiger partial charge in [-0.1, -0.05) is 12.1 Å². The van der Waals surface area contributed by atoms with Crippen LogP contribution in [0.3, 0.4) is 0 Å². The molecule has 0 bridgehead atoms. The number of ether oxygens (including phenoxy) is 3. The van der Waals surface area contributed by atoms with Crippen molar-refractivity contribution in [3.63, 3.8) is 0 Å². The summed E-state index contributed by atoms with van der Waals surface area (Å²) in [5, 5.41) is 14.6. The van der Waals surface area contributed by atoms with Crippen molar-refractivity contribution in [2.24, 2.45) is 0 Å². The zero-order valence-electron chi connectivity index (χ0n) is 16.9. The van der Waals surface area contributed by atoms with E-state index >= 15 is 0 Å². The zero-order chi connectivity index (χ0) is 21.4. The molecule has 2 aromatic heterocycles. The van der Waals surface area contributed by atoms with Crippen molar-refractivity contribution >= 4 is 5.52 Å². The van der Waals surface area contributed by atoms with E-state index < -0.39 is 0 Å². The minimum absolute atomic E-state index is 0.249. The molecule has 0 fully saturated rings. The molecule has 0 spiro atoms.